The third-order valence-corrected chi connectivity index (χ3v) is 5.12. The van der Waals surface area contributed by atoms with E-state index in [4.69, 9.17) is 9.47 Å². The minimum Gasteiger partial charge on any atom is -0.493 e. The van der Waals surface area contributed by atoms with Gasteiger partial charge in [0.15, 0.2) is 0 Å². The van der Waals surface area contributed by atoms with Gasteiger partial charge in [0.2, 0.25) is 5.91 Å². The van der Waals surface area contributed by atoms with Crippen molar-refractivity contribution in [3.63, 3.8) is 0 Å². The Hall–Kier alpha value is -2.55. The van der Waals surface area contributed by atoms with E-state index in [0.717, 1.165) is 23.5 Å². The molecular formula is C22H28F3N3O3. The fourth-order valence-electron chi connectivity index (χ4n) is 3.49. The predicted molar refractivity (Wildman–Crippen MR) is 109 cm³/mol. The minimum atomic E-state index is -4.40. The van der Waals surface area contributed by atoms with Crippen LogP contribution in [0.25, 0.3) is 0 Å². The number of benzene rings is 1. The first kappa shape index (κ1) is 23.1. The van der Waals surface area contributed by atoms with Crippen LogP contribution >= 0.6 is 0 Å². The molecule has 1 aliphatic heterocycles. The molecule has 1 aliphatic rings. The highest BCUT2D eigenvalue weighted by atomic mass is 19.4. The number of aryl methyl sites for hydroxylation is 1. The van der Waals surface area contributed by atoms with E-state index < -0.39 is 11.7 Å². The molecule has 2 heterocycles. The van der Waals surface area contributed by atoms with Crippen molar-refractivity contribution in [1.29, 1.82) is 0 Å². The number of morpholine rings is 1. The van der Waals surface area contributed by atoms with Crippen LogP contribution in [0.2, 0.25) is 0 Å². The number of carbonyl (C=O) groups excluding carboxylic acids is 1. The summed E-state index contributed by atoms with van der Waals surface area (Å²) in [7, 11) is 1.80. The van der Waals surface area contributed by atoms with Crippen LogP contribution in [0.1, 0.15) is 43.3 Å². The van der Waals surface area contributed by atoms with Crippen LogP contribution in [0.15, 0.2) is 30.3 Å². The van der Waals surface area contributed by atoms with E-state index in [-0.39, 0.29) is 24.4 Å². The Labute approximate surface area is 179 Å². The number of hydrogen-bond donors (Lipinski definition) is 0. The molecule has 3 rings (SSSR count). The largest absolute Gasteiger partial charge is 0.493 e. The first-order chi connectivity index (χ1) is 14.6. The summed E-state index contributed by atoms with van der Waals surface area (Å²) in [5, 5.41) is 4.51. The van der Waals surface area contributed by atoms with Crippen LogP contribution in [0.4, 0.5) is 13.2 Å². The molecule has 0 radical (unpaired) electrons. The van der Waals surface area contributed by atoms with Crippen LogP contribution in [0.3, 0.4) is 0 Å². The molecule has 31 heavy (non-hydrogen) atoms. The van der Waals surface area contributed by atoms with Gasteiger partial charge in [0.25, 0.3) is 0 Å². The summed E-state index contributed by atoms with van der Waals surface area (Å²) in [5.41, 5.74) is 0.869. The highest BCUT2D eigenvalue weighted by Gasteiger charge is 2.31. The molecule has 1 aromatic carbocycles. The quantitative estimate of drug-likeness (QED) is 0.654. The normalized spacial score (nSPS) is 17.3. The highest BCUT2D eigenvalue weighted by Crippen LogP contribution is 2.31. The molecule has 1 amide bonds. The van der Waals surface area contributed by atoms with Gasteiger partial charge < -0.3 is 14.4 Å². The van der Waals surface area contributed by atoms with Crippen molar-refractivity contribution in [3.05, 3.63) is 47.3 Å². The molecule has 170 valence electrons. The van der Waals surface area contributed by atoms with Gasteiger partial charge in [-0.15, -0.1) is 0 Å². The van der Waals surface area contributed by atoms with Gasteiger partial charge in [-0.2, -0.15) is 18.3 Å². The Kier molecular flexibility index (Phi) is 7.25. The summed E-state index contributed by atoms with van der Waals surface area (Å²) < 4.78 is 51.5. The zero-order valence-corrected chi connectivity index (χ0v) is 18.0. The van der Waals surface area contributed by atoms with Gasteiger partial charge in [0, 0.05) is 32.1 Å². The molecule has 1 atom stereocenters. The summed E-state index contributed by atoms with van der Waals surface area (Å²) in [6.07, 6.45) is -3.72. The summed E-state index contributed by atoms with van der Waals surface area (Å²) in [6, 6.07) is 6.74. The average Bonchev–Trinajstić information content (AvgIpc) is 3.08. The van der Waals surface area contributed by atoms with Crippen LogP contribution in [-0.2, 0) is 29.2 Å². The van der Waals surface area contributed by atoms with Gasteiger partial charge in [-0.1, -0.05) is 19.9 Å². The van der Waals surface area contributed by atoms with Gasteiger partial charge in [0.1, 0.15) is 11.9 Å². The standard InChI is InChI=1S/C22H28F3N3O3/c1-15(2)11-21(29)28-8-10-31-20(14-28)19-13-17(27(3)26-19)7-9-30-18-6-4-5-16(12-18)22(23,24)25/h4-6,12-13,15,20H,7-11,14H2,1-3H3/t20-/m0/s1. The number of aromatic nitrogens is 2. The summed E-state index contributed by atoms with van der Waals surface area (Å²) in [4.78, 5) is 14.2. The Balaban J connectivity index is 1.58. The van der Waals surface area contributed by atoms with E-state index in [0.29, 0.717) is 38.5 Å². The molecule has 0 unspecified atom stereocenters. The third-order valence-electron chi connectivity index (χ3n) is 5.12. The molecule has 0 spiro atoms. The lowest BCUT2D eigenvalue weighted by molar-refractivity contribution is -0.140. The summed E-state index contributed by atoms with van der Waals surface area (Å²) in [6.45, 7) is 5.74. The molecule has 0 saturated carbocycles. The molecule has 6 nitrogen and oxygen atoms in total. The van der Waals surface area contributed by atoms with E-state index >= 15 is 0 Å². The van der Waals surface area contributed by atoms with Crippen LogP contribution < -0.4 is 4.74 Å². The first-order valence-corrected chi connectivity index (χ1v) is 10.4. The van der Waals surface area contributed by atoms with Gasteiger partial charge >= 0.3 is 6.18 Å². The zero-order chi connectivity index (χ0) is 22.6. The van der Waals surface area contributed by atoms with E-state index in [1.807, 2.05) is 24.8 Å². The fourth-order valence-corrected chi connectivity index (χ4v) is 3.49. The molecule has 0 bridgehead atoms. The van der Waals surface area contributed by atoms with E-state index in [1.165, 1.54) is 12.1 Å². The number of carbonyl (C=O) groups is 1. The average molecular weight is 439 g/mol. The Morgan fingerprint density at radius 2 is 2.10 bits per heavy atom. The van der Waals surface area contributed by atoms with Gasteiger partial charge in [-0.05, 0) is 30.2 Å². The molecule has 1 aromatic heterocycles. The Morgan fingerprint density at radius 1 is 1.32 bits per heavy atom. The molecule has 0 N–H and O–H groups in total. The maximum atomic E-state index is 12.8. The number of nitrogens with zero attached hydrogens (tertiary/aromatic N) is 3. The van der Waals surface area contributed by atoms with E-state index in [9.17, 15) is 18.0 Å². The van der Waals surface area contributed by atoms with Crippen LogP contribution in [-0.4, -0.2) is 46.9 Å². The monoisotopic (exact) mass is 439 g/mol. The van der Waals surface area contributed by atoms with Crippen molar-refractivity contribution < 1.29 is 27.4 Å². The third kappa shape index (κ3) is 6.22. The van der Waals surface area contributed by atoms with Crippen molar-refractivity contribution in [3.8, 4) is 5.75 Å². The van der Waals surface area contributed by atoms with Gasteiger partial charge in [0.05, 0.1) is 31.0 Å². The molecule has 0 aliphatic carbocycles. The van der Waals surface area contributed by atoms with Crippen molar-refractivity contribution >= 4 is 5.91 Å². The number of alkyl halides is 3. The number of ether oxygens (including phenoxy) is 2. The van der Waals surface area contributed by atoms with Crippen molar-refractivity contribution in [2.24, 2.45) is 13.0 Å². The molecule has 1 fully saturated rings. The van der Waals surface area contributed by atoms with E-state index in [1.54, 1.807) is 11.7 Å². The summed E-state index contributed by atoms with van der Waals surface area (Å²) in [5.74, 6) is 0.591. The molecule has 9 heteroatoms. The Bertz CT molecular complexity index is 896. The van der Waals surface area contributed by atoms with Gasteiger partial charge in [-0.25, -0.2) is 0 Å². The maximum Gasteiger partial charge on any atom is 0.416 e. The topological polar surface area (TPSA) is 56.6 Å². The molecular weight excluding hydrogens is 411 g/mol. The highest BCUT2D eigenvalue weighted by molar-refractivity contribution is 5.76. The van der Waals surface area contributed by atoms with E-state index in [2.05, 4.69) is 5.10 Å². The zero-order valence-electron chi connectivity index (χ0n) is 18.0. The lowest BCUT2D eigenvalue weighted by Gasteiger charge is -2.32. The lowest BCUT2D eigenvalue weighted by Crippen LogP contribution is -2.42. The smallest absolute Gasteiger partial charge is 0.416 e. The molecule has 2 aromatic rings. The number of halogens is 3. The second-order valence-corrected chi connectivity index (χ2v) is 8.11. The minimum absolute atomic E-state index is 0.119. The van der Waals surface area contributed by atoms with Crippen LogP contribution in [0.5, 0.6) is 5.75 Å². The number of amides is 1. The van der Waals surface area contributed by atoms with Crippen molar-refractivity contribution in [2.45, 2.75) is 39.0 Å². The van der Waals surface area contributed by atoms with Crippen LogP contribution in [0, 0.1) is 5.92 Å². The van der Waals surface area contributed by atoms with Crippen molar-refractivity contribution in [2.75, 3.05) is 26.3 Å². The van der Waals surface area contributed by atoms with Crippen molar-refractivity contribution in [1.82, 2.24) is 14.7 Å². The second-order valence-electron chi connectivity index (χ2n) is 8.11. The number of rotatable bonds is 7. The first-order valence-electron chi connectivity index (χ1n) is 10.4. The lowest BCUT2D eigenvalue weighted by atomic mass is 10.1. The fraction of sp³-hybridized carbons (Fsp3) is 0.545. The molecule has 1 saturated heterocycles. The predicted octanol–water partition coefficient (Wildman–Crippen LogP) is 4.01. The Morgan fingerprint density at radius 3 is 2.81 bits per heavy atom. The summed E-state index contributed by atoms with van der Waals surface area (Å²) >= 11 is 0. The van der Waals surface area contributed by atoms with Gasteiger partial charge in [-0.3, -0.25) is 9.48 Å². The SMILES string of the molecule is CC(C)CC(=O)N1CCO[C@H](c2cc(CCOc3cccc(C(F)(F)F)c3)n(C)n2)C1. The number of hydrogen-bond acceptors (Lipinski definition) is 4. The maximum absolute atomic E-state index is 12.8. The second kappa shape index (κ2) is 9.72.